The minimum absolute atomic E-state index is 0.160. The first-order valence-electron chi connectivity index (χ1n) is 5.15. The highest BCUT2D eigenvalue weighted by Gasteiger charge is 2.07. The monoisotopic (exact) mass is 202 g/mol. The van der Waals surface area contributed by atoms with Gasteiger partial charge in [-0.05, 0) is 13.0 Å². The highest BCUT2D eigenvalue weighted by Crippen LogP contribution is 1.95. The van der Waals surface area contributed by atoms with Crippen LogP contribution >= 0.6 is 0 Å². The van der Waals surface area contributed by atoms with E-state index in [1.165, 1.54) is 0 Å². The molecule has 4 heteroatoms. The van der Waals surface area contributed by atoms with E-state index in [0.717, 1.165) is 26.1 Å². The molecular formula is C10H22N2O2. The van der Waals surface area contributed by atoms with Crippen LogP contribution in [-0.2, 0) is 4.79 Å². The molecular weight excluding hydrogens is 180 g/mol. The summed E-state index contributed by atoms with van der Waals surface area (Å²) < 4.78 is 0. The molecule has 1 N–H and O–H groups in total. The lowest BCUT2D eigenvalue weighted by Crippen LogP contribution is -2.31. The van der Waals surface area contributed by atoms with Crippen molar-refractivity contribution in [1.29, 1.82) is 0 Å². The second-order valence-electron chi connectivity index (χ2n) is 3.55. The number of hydrogen-bond donors (Lipinski definition) is 1. The third-order valence-corrected chi connectivity index (χ3v) is 2.22. The molecule has 0 heterocycles. The molecule has 0 aromatic heterocycles. The van der Waals surface area contributed by atoms with E-state index in [4.69, 9.17) is 5.11 Å². The summed E-state index contributed by atoms with van der Waals surface area (Å²) in [5.74, 6) is 0.160. The van der Waals surface area contributed by atoms with Gasteiger partial charge in [-0.25, -0.2) is 0 Å². The molecule has 0 fully saturated rings. The smallest absolute Gasteiger partial charge is 0.223 e. The van der Waals surface area contributed by atoms with Crippen LogP contribution in [0.1, 0.15) is 19.8 Å². The SMILES string of the molecule is CCN(CCCO)CCC(=O)N(C)C. The van der Waals surface area contributed by atoms with Gasteiger partial charge in [-0.1, -0.05) is 6.92 Å². The molecule has 1 amide bonds. The van der Waals surface area contributed by atoms with Gasteiger partial charge in [0.25, 0.3) is 0 Å². The van der Waals surface area contributed by atoms with Crippen molar-refractivity contribution >= 4 is 5.91 Å². The van der Waals surface area contributed by atoms with E-state index < -0.39 is 0 Å². The maximum Gasteiger partial charge on any atom is 0.223 e. The molecule has 4 nitrogen and oxygen atoms in total. The fourth-order valence-corrected chi connectivity index (χ4v) is 1.20. The minimum Gasteiger partial charge on any atom is -0.396 e. The number of carbonyl (C=O) groups excluding carboxylic acids is 1. The Labute approximate surface area is 86.5 Å². The van der Waals surface area contributed by atoms with Crippen LogP contribution in [0.2, 0.25) is 0 Å². The van der Waals surface area contributed by atoms with Gasteiger partial charge in [0.15, 0.2) is 0 Å². The molecule has 0 spiro atoms. The van der Waals surface area contributed by atoms with Gasteiger partial charge in [0.1, 0.15) is 0 Å². The average Bonchev–Trinajstić information content (AvgIpc) is 2.17. The third kappa shape index (κ3) is 5.94. The number of rotatable bonds is 7. The Morgan fingerprint density at radius 2 is 1.93 bits per heavy atom. The van der Waals surface area contributed by atoms with Gasteiger partial charge in [-0.15, -0.1) is 0 Å². The summed E-state index contributed by atoms with van der Waals surface area (Å²) in [5, 5.41) is 8.67. The standard InChI is InChI=1S/C10H22N2O2/c1-4-12(7-5-9-13)8-6-10(14)11(2)3/h13H,4-9H2,1-3H3. The molecule has 0 aliphatic carbocycles. The van der Waals surface area contributed by atoms with E-state index in [-0.39, 0.29) is 12.5 Å². The van der Waals surface area contributed by atoms with Crippen molar-refractivity contribution in [3.05, 3.63) is 0 Å². The molecule has 0 aliphatic rings. The molecule has 0 aliphatic heterocycles. The number of aliphatic hydroxyl groups is 1. The largest absolute Gasteiger partial charge is 0.396 e. The fourth-order valence-electron chi connectivity index (χ4n) is 1.20. The lowest BCUT2D eigenvalue weighted by Gasteiger charge is -2.20. The zero-order chi connectivity index (χ0) is 11.0. The normalized spacial score (nSPS) is 10.6. The van der Waals surface area contributed by atoms with Gasteiger partial charge in [0.05, 0.1) is 0 Å². The van der Waals surface area contributed by atoms with Crippen LogP contribution < -0.4 is 0 Å². The van der Waals surface area contributed by atoms with Gasteiger partial charge >= 0.3 is 0 Å². The van der Waals surface area contributed by atoms with E-state index in [2.05, 4.69) is 11.8 Å². The minimum atomic E-state index is 0.160. The van der Waals surface area contributed by atoms with Crippen LogP contribution in [0.4, 0.5) is 0 Å². The van der Waals surface area contributed by atoms with E-state index in [9.17, 15) is 4.79 Å². The Morgan fingerprint density at radius 1 is 1.29 bits per heavy atom. The Bertz CT molecular complexity index is 160. The van der Waals surface area contributed by atoms with Crippen molar-refractivity contribution in [3.63, 3.8) is 0 Å². The summed E-state index contributed by atoms with van der Waals surface area (Å²) in [6.07, 6.45) is 1.34. The predicted molar refractivity (Wildman–Crippen MR) is 57.1 cm³/mol. The summed E-state index contributed by atoms with van der Waals surface area (Å²) in [5.41, 5.74) is 0. The summed E-state index contributed by atoms with van der Waals surface area (Å²) in [4.78, 5) is 15.1. The van der Waals surface area contributed by atoms with E-state index in [1.807, 2.05) is 0 Å². The predicted octanol–water partition coefficient (Wildman–Crippen LogP) is 0.169. The van der Waals surface area contributed by atoms with Crippen LogP contribution in [0.3, 0.4) is 0 Å². The Balaban J connectivity index is 3.66. The number of carbonyl (C=O) groups is 1. The third-order valence-electron chi connectivity index (χ3n) is 2.22. The van der Waals surface area contributed by atoms with Crippen molar-refractivity contribution in [2.24, 2.45) is 0 Å². The second-order valence-corrected chi connectivity index (χ2v) is 3.55. The molecule has 0 radical (unpaired) electrons. The van der Waals surface area contributed by atoms with Crippen molar-refractivity contribution in [1.82, 2.24) is 9.80 Å². The molecule has 0 aromatic carbocycles. The zero-order valence-corrected chi connectivity index (χ0v) is 9.49. The lowest BCUT2D eigenvalue weighted by molar-refractivity contribution is -0.129. The molecule has 0 unspecified atom stereocenters. The van der Waals surface area contributed by atoms with E-state index in [0.29, 0.717) is 6.42 Å². The Hall–Kier alpha value is -0.610. The van der Waals surface area contributed by atoms with Gasteiger partial charge < -0.3 is 14.9 Å². The molecule has 0 rings (SSSR count). The first-order valence-corrected chi connectivity index (χ1v) is 5.15. The molecule has 0 saturated carbocycles. The van der Waals surface area contributed by atoms with Crippen LogP contribution in [0.5, 0.6) is 0 Å². The highest BCUT2D eigenvalue weighted by atomic mass is 16.3. The van der Waals surface area contributed by atoms with Crippen LogP contribution in [0.15, 0.2) is 0 Å². The van der Waals surface area contributed by atoms with Crippen LogP contribution in [-0.4, -0.2) is 61.2 Å². The zero-order valence-electron chi connectivity index (χ0n) is 9.49. The second kappa shape index (κ2) is 7.76. The molecule has 0 bridgehead atoms. The first-order chi connectivity index (χ1) is 6.61. The first kappa shape index (κ1) is 13.4. The molecule has 0 saturated heterocycles. The van der Waals surface area contributed by atoms with Gasteiger partial charge in [-0.2, -0.15) is 0 Å². The Kier molecular flexibility index (Phi) is 7.42. The maximum absolute atomic E-state index is 11.3. The molecule has 14 heavy (non-hydrogen) atoms. The number of nitrogens with zero attached hydrogens (tertiary/aromatic N) is 2. The fraction of sp³-hybridized carbons (Fsp3) is 0.900. The summed E-state index contributed by atoms with van der Waals surface area (Å²) in [6.45, 7) is 4.87. The average molecular weight is 202 g/mol. The van der Waals surface area contributed by atoms with E-state index in [1.54, 1.807) is 19.0 Å². The quantitative estimate of drug-likeness (QED) is 0.640. The van der Waals surface area contributed by atoms with Crippen molar-refractivity contribution in [2.75, 3.05) is 40.3 Å². The Morgan fingerprint density at radius 3 is 2.36 bits per heavy atom. The van der Waals surface area contributed by atoms with E-state index >= 15 is 0 Å². The molecule has 84 valence electrons. The van der Waals surface area contributed by atoms with Gasteiger partial charge in [0, 0.05) is 40.2 Å². The van der Waals surface area contributed by atoms with Crippen LogP contribution in [0, 0.1) is 0 Å². The topological polar surface area (TPSA) is 43.8 Å². The summed E-state index contributed by atoms with van der Waals surface area (Å²) in [7, 11) is 3.54. The van der Waals surface area contributed by atoms with Gasteiger partial charge in [0.2, 0.25) is 5.91 Å². The van der Waals surface area contributed by atoms with Gasteiger partial charge in [-0.3, -0.25) is 4.79 Å². The lowest BCUT2D eigenvalue weighted by atomic mass is 10.3. The van der Waals surface area contributed by atoms with Crippen LogP contribution in [0.25, 0.3) is 0 Å². The number of aliphatic hydroxyl groups excluding tert-OH is 1. The molecule has 0 atom stereocenters. The van der Waals surface area contributed by atoms with Crippen molar-refractivity contribution in [3.8, 4) is 0 Å². The highest BCUT2D eigenvalue weighted by molar-refractivity contribution is 5.75. The maximum atomic E-state index is 11.3. The molecule has 0 aromatic rings. The van der Waals surface area contributed by atoms with Crippen molar-refractivity contribution < 1.29 is 9.90 Å². The van der Waals surface area contributed by atoms with Crippen molar-refractivity contribution in [2.45, 2.75) is 19.8 Å². The number of amides is 1. The summed E-state index contributed by atoms with van der Waals surface area (Å²) in [6, 6.07) is 0. The summed E-state index contributed by atoms with van der Waals surface area (Å²) >= 11 is 0. The number of hydrogen-bond acceptors (Lipinski definition) is 3.